The summed E-state index contributed by atoms with van der Waals surface area (Å²) in [6.07, 6.45) is 1.44. The zero-order valence-electron chi connectivity index (χ0n) is 7.98. The average Bonchev–Trinajstić information content (AvgIpc) is 2.10. The van der Waals surface area contributed by atoms with Gasteiger partial charge in [0.1, 0.15) is 6.54 Å². The summed E-state index contributed by atoms with van der Waals surface area (Å²) in [5, 5.41) is 8.58. The number of hydrogen-bond donors (Lipinski definition) is 1. The molecule has 5 heteroatoms. The van der Waals surface area contributed by atoms with Crippen molar-refractivity contribution in [1.82, 2.24) is 4.57 Å². The molecule has 0 radical (unpaired) electrons. The minimum absolute atomic E-state index is 0.178. The molecule has 0 aliphatic carbocycles. The van der Waals surface area contributed by atoms with E-state index in [2.05, 4.69) is 0 Å². The van der Waals surface area contributed by atoms with Crippen LogP contribution in [0.3, 0.4) is 0 Å². The first-order valence-electron chi connectivity index (χ1n) is 4.02. The number of carboxylic acid groups (broad SMARTS) is 1. The van der Waals surface area contributed by atoms with Crippen molar-refractivity contribution in [2.45, 2.75) is 13.5 Å². The highest BCUT2D eigenvalue weighted by atomic mass is 16.5. The number of ether oxygens (including phenoxy) is 1. The normalized spacial score (nSPS) is 9.86. The Morgan fingerprint density at radius 2 is 2.29 bits per heavy atom. The van der Waals surface area contributed by atoms with E-state index < -0.39 is 5.97 Å². The number of nitrogens with zero attached hydrogens (tertiary/aromatic N) is 1. The number of carbonyl (C=O) groups is 1. The molecule has 1 aromatic rings. The van der Waals surface area contributed by atoms with Crippen molar-refractivity contribution in [2.75, 3.05) is 7.11 Å². The second-order valence-corrected chi connectivity index (χ2v) is 2.82. The third kappa shape index (κ3) is 1.93. The van der Waals surface area contributed by atoms with Gasteiger partial charge in [-0.3, -0.25) is 9.59 Å². The fourth-order valence-corrected chi connectivity index (χ4v) is 1.22. The van der Waals surface area contributed by atoms with Crippen molar-refractivity contribution in [1.29, 1.82) is 0 Å². The summed E-state index contributed by atoms with van der Waals surface area (Å²) < 4.78 is 6.32. The summed E-state index contributed by atoms with van der Waals surface area (Å²) in [6.45, 7) is 1.46. The molecule has 0 spiro atoms. The molecule has 76 valence electrons. The van der Waals surface area contributed by atoms with Crippen LogP contribution in [0.5, 0.6) is 5.75 Å². The number of carboxylic acids is 1. The molecule has 0 fully saturated rings. The highest BCUT2D eigenvalue weighted by Gasteiger charge is 2.08. The average molecular weight is 197 g/mol. The Morgan fingerprint density at radius 1 is 1.64 bits per heavy atom. The van der Waals surface area contributed by atoms with E-state index in [1.54, 1.807) is 6.92 Å². The maximum Gasteiger partial charge on any atom is 0.323 e. The topological polar surface area (TPSA) is 68.5 Å². The summed E-state index contributed by atoms with van der Waals surface area (Å²) in [4.78, 5) is 21.7. The van der Waals surface area contributed by atoms with E-state index in [1.807, 2.05) is 0 Å². The molecule has 1 rings (SSSR count). The van der Waals surface area contributed by atoms with E-state index in [4.69, 9.17) is 9.84 Å². The van der Waals surface area contributed by atoms with Gasteiger partial charge in [0, 0.05) is 12.3 Å². The lowest BCUT2D eigenvalue weighted by atomic mass is 10.3. The van der Waals surface area contributed by atoms with E-state index in [0.717, 1.165) is 0 Å². The lowest BCUT2D eigenvalue weighted by molar-refractivity contribution is -0.137. The van der Waals surface area contributed by atoms with Crippen molar-refractivity contribution in [3.63, 3.8) is 0 Å². The Morgan fingerprint density at radius 3 is 2.79 bits per heavy atom. The van der Waals surface area contributed by atoms with Crippen molar-refractivity contribution in [2.24, 2.45) is 0 Å². The van der Waals surface area contributed by atoms with Crippen LogP contribution >= 0.6 is 0 Å². The van der Waals surface area contributed by atoms with Crippen LogP contribution in [0.25, 0.3) is 0 Å². The van der Waals surface area contributed by atoms with Gasteiger partial charge in [0.2, 0.25) is 5.43 Å². The Labute approximate surface area is 80.6 Å². The predicted octanol–water partition coefficient (Wildman–Crippen LogP) is 0.250. The molecule has 0 amide bonds. The number of aliphatic carboxylic acids is 1. The first-order chi connectivity index (χ1) is 6.56. The molecule has 0 atom stereocenters. The van der Waals surface area contributed by atoms with E-state index in [0.29, 0.717) is 5.69 Å². The standard InChI is InChI=1S/C9H11NO4/c1-6-9(14-2)7(11)3-4-10(6)5-8(12)13/h3-4H,5H2,1-2H3,(H,12,13). The summed E-state index contributed by atoms with van der Waals surface area (Å²) in [5.74, 6) is -0.771. The van der Waals surface area contributed by atoms with Crippen LogP contribution in [0.1, 0.15) is 5.69 Å². The van der Waals surface area contributed by atoms with Crippen molar-refractivity contribution in [3.05, 3.63) is 28.2 Å². The molecule has 1 N–H and O–H groups in total. The van der Waals surface area contributed by atoms with Gasteiger partial charge >= 0.3 is 5.97 Å². The van der Waals surface area contributed by atoms with Gasteiger partial charge in [-0.15, -0.1) is 0 Å². The molecule has 0 saturated heterocycles. The molecule has 1 aromatic heterocycles. The Hall–Kier alpha value is -1.78. The van der Waals surface area contributed by atoms with Gasteiger partial charge in [-0.2, -0.15) is 0 Å². The third-order valence-electron chi connectivity index (χ3n) is 1.90. The van der Waals surface area contributed by atoms with Gasteiger partial charge in [-0.05, 0) is 6.92 Å². The highest BCUT2D eigenvalue weighted by molar-refractivity contribution is 5.66. The third-order valence-corrected chi connectivity index (χ3v) is 1.90. The predicted molar refractivity (Wildman–Crippen MR) is 49.6 cm³/mol. The Kier molecular flexibility index (Phi) is 2.91. The van der Waals surface area contributed by atoms with Crippen LogP contribution in [0.2, 0.25) is 0 Å². The van der Waals surface area contributed by atoms with Crippen molar-refractivity contribution >= 4 is 5.97 Å². The van der Waals surface area contributed by atoms with Crippen LogP contribution in [-0.4, -0.2) is 22.8 Å². The molecule has 0 saturated carbocycles. The van der Waals surface area contributed by atoms with Crippen LogP contribution in [0.15, 0.2) is 17.1 Å². The van der Waals surface area contributed by atoms with Crippen molar-refractivity contribution in [3.8, 4) is 5.75 Å². The number of methoxy groups -OCH3 is 1. The maximum absolute atomic E-state index is 11.2. The zero-order chi connectivity index (χ0) is 10.7. The van der Waals surface area contributed by atoms with Gasteiger partial charge < -0.3 is 14.4 Å². The van der Waals surface area contributed by atoms with Crippen LogP contribution in [0.4, 0.5) is 0 Å². The van der Waals surface area contributed by atoms with E-state index in [9.17, 15) is 9.59 Å². The Balaban J connectivity index is 3.21. The van der Waals surface area contributed by atoms with Gasteiger partial charge in [0.15, 0.2) is 5.75 Å². The van der Waals surface area contributed by atoms with Crippen molar-refractivity contribution < 1.29 is 14.6 Å². The van der Waals surface area contributed by atoms with Gasteiger partial charge in [-0.1, -0.05) is 0 Å². The molecule has 14 heavy (non-hydrogen) atoms. The van der Waals surface area contributed by atoms with Gasteiger partial charge in [0.25, 0.3) is 0 Å². The maximum atomic E-state index is 11.2. The summed E-state index contributed by atoms with van der Waals surface area (Å²) >= 11 is 0. The zero-order valence-corrected chi connectivity index (χ0v) is 7.98. The monoisotopic (exact) mass is 197 g/mol. The van der Waals surface area contributed by atoms with Crippen LogP contribution in [0, 0.1) is 6.92 Å². The minimum atomic E-state index is -0.959. The van der Waals surface area contributed by atoms with E-state index >= 15 is 0 Å². The quantitative estimate of drug-likeness (QED) is 0.754. The summed E-state index contributed by atoms with van der Waals surface area (Å²) in [7, 11) is 1.38. The lowest BCUT2D eigenvalue weighted by Gasteiger charge is -2.10. The summed E-state index contributed by atoms with van der Waals surface area (Å²) in [5.41, 5.74) is 0.272. The first-order valence-corrected chi connectivity index (χ1v) is 4.02. The molecule has 0 aliphatic rings. The SMILES string of the molecule is COc1c(C)n(CC(=O)O)ccc1=O. The molecule has 0 bridgehead atoms. The smallest absolute Gasteiger partial charge is 0.323 e. The second kappa shape index (κ2) is 3.95. The molecule has 0 unspecified atom stereocenters. The molecule has 0 aromatic carbocycles. The fourth-order valence-electron chi connectivity index (χ4n) is 1.22. The molecule has 0 aliphatic heterocycles. The largest absolute Gasteiger partial charge is 0.491 e. The molecular weight excluding hydrogens is 186 g/mol. The second-order valence-electron chi connectivity index (χ2n) is 2.82. The Bertz CT molecular complexity index is 408. The number of pyridine rings is 1. The van der Waals surface area contributed by atoms with E-state index in [-0.39, 0.29) is 17.7 Å². The molecular formula is C9H11NO4. The first kappa shape index (κ1) is 10.3. The van der Waals surface area contributed by atoms with E-state index in [1.165, 1.54) is 23.9 Å². The summed E-state index contributed by atoms with van der Waals surface area (Å²) in [6, 6.07) is 1.29. The number of hydrogen-bond acceptors (Lipinski definition) is 3. The molecule has 5 nitrogen and oxygen atoms in total. The fraction of sp³-hybridized carbons (Fsp3) is 0.333. The van der Waals surface area contributed by atoms with Gasteiger partial charge in [0.05, 0.1) is 12.8 Å². The highest BCUT2D eigenvalue weighted by Crippen LogP contribution is 2.10. The molecule has 1 heterocycles. The minimum Gasteiger partial charge on any atom is -0.491 e. The van der Waals surface area contributed by atoms with Crippen LogP contribution < -0.4 is 10.2 Å². The van der Waals surface area contributed by atoms with Gasteiger partial charge in [-0.25, -0.2) is 0 Å². The number of aromatic nitrogens is 1. The van der Waals surface area contributed by atoms with Crippen LogP contribution in [-0.2, 0) is 11.3 Å². The lowest BCUT2D eigenvalue weighted by Crippen LogP contribution is -2.17. The number of rotatable bonds is 3.